The average Bonchev–Trinajstić information content (AvgIpc) is 2.41. The van der Waals surface area contributed by atoms with Crippen molar-refractivity contribution < 1.29 is 0 Å². The average molecular weight is 223 g/mol. The van der Waals surface area contributed by atoms with Crippen molar-refractivity contribution in [3.05, 3.63) is 59.1 Å². The summed E-state index contributed by atoms with van der Waals surface area (Å²) in [6.45, 7) is 0. The first-order valence-electron chi connectivity index (χ1n) is 5.24. The Morgan fingerprint density at radius 2 is 1.82 bits per heavy atom. The third-order valence-corrected chi connectivity index (χ3v) is 2.64. The Morgan fingerprint density at radius 1 is 1.00 bits per heavy atom. The van der Waals surface area contributed by atoms with Crippen molar-refractivity contribution in [1.29, 1.82) is 0 Å². The van der Waals surface area contributed by atoms with Gasteiger partial charge in [-0.2, -0.15) is 5.10 Å². The zero-order valence-corrected chi connectivity index (χ0v) is 8.92. The van der Waals surface area contributed by atoms with Crippen LogP contribution >= 0.6 is 0 Å². The van der Waals surface area contributed by atoms with E-state index in [1.54, 1.807) is 18.5 Å². The van der Waals surface area contributed by atoms with Crippen molar-refractivity contribution in [2.24, 2.45) is 0 Å². The molecule has 3 aromatic rings. The molecule has 17 heavy (non-hydrogen) atoms. The molecule has 4 heteroatoms. The Hall–Kier alpha value is -2.49. The molecule has 0 aliphatic carbocycles. The fourth-order valence-electron chi connectivity index (χ4n) is 1.83. The van der Waals surface area contributed by atoms with E-state index in [4.69, 9.17) is 0 Å². The number of benzene rings is 1. The highest BCUT2D eigenvalue weighted by atomic mass is 16.1. The maximum Gasteiger partial charge on any atom is 0.273 e. The summed E-state index contributed by atoms with van der Waals surface area (Å²) in [5.41, 5.74) is 1.52. The smallest absolute Gasteiger partial charge is 0.267 e. The van der Waals surface area contributed by atoms with Crippen LogP contribution in [0.5, 0.6) is 0 Å². The van der Waals surface area contributed by atoms with E-state index >= 15 is 0 Å². The maximum absolute atomic E-state index is 11.6. The Balaban J connectivity index is 2.39. The second kappa shape index (κ2) is 3.83. The van der Waals surface area contributed by atoms with Gasteiger partial charge in [0.2, 0.25) is 0 Å². The van der Waals surface area contributed by atoms with E-state index in [1.807, 2.05) is 30.3 Å². The van der Waals surface area contributed by atoms with Gasteiger partial charge in [-0.05, 0) is 6.07 Å². The third-order valence-electron chi connectivity index (χ3n) is 2.64. The minimum absolute atomic E-state index is 0.215. The van der Waals surface area contributed by atoms with Gasteiger partial charge in [0.25, 0.3) is 5.56 Å². The van der Waals surface area contributed by atoms with E-state index in [0.29, 0.717) is 5.39 Å². The van der Waals surface area contributed by atoms with Gasteiger partial charge < -0.3 is 0 Å². The predicted octanol–water partition coefficient (Wildman–Crippen LogP) is 1.99. The van der Waals surface area contributed by atoms with Crippen molar-refractivity contribution in [1.82, 2.24) is 15.2 Å². The summed E-state index contributed by atoms with van der Waals surface area (Å²) >= 11 is 0. The van der Waals surface area contributed by atoms with Gasteiger partial charge in [-0.15, -0.1) is 0 Å². The molecule has 0 radical (unpaired) electrons. The van der Waals surface area contributed by atoms with Crippen LogP contribution in [-0.2, 0) is 0 Å². The van der Waals surface area contributed by atoms with Gasteiger partial charge in [0.05, 0.1) is 11.1 Å². The summed E-state index contributed by atoms with van der Waals surface area (Å²) in [5.74, 6) is 0. The summed E-state index contributed by atoms with van der Waals surface area (Å²) in [7, 11) is 0. The van der Waals surface area contributed by atoms with Crippen LogP contribution < -0.4 is 5.56 Å². The quantitative estimate of drug-likeness (QED) is 0.686. The lowest BCUT2D eigenvalue weighted by atomic mass is 10.1. The molecule has 0 fully saturated rings. The van der Waals surface area contributed by atoms with Crippen LogP contribution in [0, 0.1) is 0 Å². The molecule has 2 heterocycles. The summed E-state index contributed by atoms with van der Waals surface area (Å²) in [5, 5.41) is 7.98. The molecule has 3 rings (SSSR count). The molecule has 82 valence electrons. The molecule has 2 aromatic heterocycles. The van der Waals surface area contributed by atoms with Crippen molar-refractivity contribution in [2.45, 2.75) is 0 Å². The molecule has 0 amide bonds. The van der Waals surface area contributed by atoms with Crippen molar-refractivity contribution >= 4 is 10.8 Å². The number of nitrogens with one attached hydrogen (secondary N) is 1. The van der Waals surface area contributed by atoms with Crippen molar-refractivity contribution in [2.75, 3.05) is 0 Å². The first-order valence-corrected chi connectivity index (χ1v) is 5.24. The zero-order chi connectivity index (χ0) is 11.7. The number of aromatic amines is 1. The predicted molar refractivity (Wildman–Crippen MR) is 65.6 cm³/mol. The number of hydrogen-bond acceptors (Lipinski definition) is 3. The van der Waals surface area contributed by atoms with Gasteiger partial charge in [0.15, 0.2) is 0 Å². The zero-order valence-electron chi connectivity index (χ0n) is 8.92. The second-order valence-corrected chi connectivity index (χ2v) is 3.69. The molecule has 0 unspecified atom stereocenters. The molecule has 4 nitrogen and oxygen atoms in total. The summed E-state index contributed by atoms with van der Waals surface area (Å²) in [6, 6.07) is 11.5. The Kier molecular flexibility index (Phi) is 2.19. The van der Waals surface area contributed by atoms with E-state index < -0.39 is 0 Å². The number of H-pyrrole nitrogens is 1. The first-order chi connectivity index (χ1) is 8.36. The van der Waals surface area contributed by atoms with Crippen molar-refractivity contribution in [3.8, 4) is 11.3 Å². The standard InChI is InChI=1S/C13H9N3O/c17-13-11-8-14-7-6-10(11)12(15-16-13)9-4-2-1-3-5-9/h1-8H,(H,16,17). The van der Waals surface area contributed by atoms with Crippen LogP contribution in [0.15, 0.2) is 53.6 Å². The van der Waals surface area contributed by atoms with Gasteiger partial charge >= 0.3 is 0 Å². The highest BCUT2D eigenvalue weighted by Crippen LogP contribution is 2.22. The number of nitrogens with zero attached hydrogens (tertiary/aromatic N) is 2. The number of fused-ring (bicyclic) bond motifs is 1. The molecule has 0 spiro atoms. The van der Waals surface area contributed by atoms with Crippen LogP contribution in [0.2, 0.25) is 0 Å². The Labute approximate surface area is 97.0 Å². The minimum atomic E-state index is -0.215. The third kappa shape index (κ3) is 1.59. The molecule has 0 aliphatic rings. The molecule has 0 aliphatic heterocycles. The summed E-state index contributed by atoms with van der Waals surface area (Å²) in [4.78, 5) is 15.6. The van der Waals surface area contributed by atoms with E-state index in [0.717, 1.165) is 16.6 Å². The highest BCUT2D eigenvalue weighted by Gasteiger charge is 2.07. The fourth-order valence-corrected chi connectivity index (χ4v) is 1.83. The van der Waals surface area contributed by atoms with E-state index in [-0.39, 0.29) is 5.56 Å². The lowest BCUT2D eigenvalue weighted by molar-refractivity contribution is 1.01. The molecule has 0 saturated heterocycles. The fraction of sp³-hybridized carbons (Fsp3) is 0. The molecule has 0 saturated carbocycles. The lowest BCUT2D eigenvalue weighted by Crippen LogP contribution is -2.09. The number of pyridine rings is 1. The second-order valence-electron chi connectivity index (χ2n) is 3.69. The molecule has 1 N–H and O–H groups in total. The topological polar surface area (TPSA) is 58.6 Å². The van der Waals surface area contributed by atoms with Gasteiger partial charge in [-0.1, -0.05) is 30.3 Å². The Bertz CT molecular complexity index is 719. The Morgan fingerprint density at radius 3 is 2.65 bits per heavy atom. The molecular formula is C13H9N3O. The molecule has 1 aromatic carbocycles. The number of aromatic nitrogens is 3. The minimum Gasteiger partial charge on any atom is -0.267 e. The van der Waals surface area contributed by atoms with Gasteiger partial charge in [0, 0.05) is 23.3 Å². The summed E-state index contributed by atoms with van der Waals surface area (Å²) < 4.78 is 0. The highest BCUT2D eigenvalue weighted by molar-refractivity contribution is 5.92. The first kappa shape index (κ1) is 9.72. The largest absolute Gasteiger partial charge is 0.273 e. The van der Waals surface area contributed by atoms with Gasteiger partial charge in [0.1, 0.15) is 0 Å². The monoisotopic (exact) mass is 223 g/mol. The van der Waals surface area contributed by atoms with Gasteiger partial charge in [-0.25, -0.2) is 5.10 Å². The van der Waals surface area contributed by atoms with Crippen LogP contribution in [0.4, 0.5) is 0 Å². The van der Waals surface area contributed by atoms with Crippen LogP contribution in [0.3, 0.4) is 0 Å². The van der Waals surface area contributed by atoms with E-state index in [1.165, 1.54) is 0 Å². The number of rotatable bonds is 1. The normalized spacial score (nSPS) is 10.6. The van der Waals surface area contributed by atoms with Crippen LogP contribution in [0.1, 0.15) is 0 Å². The maximum atomic E-state index is 11.6. The lowest BCUT2D eigenvalue weighted by Gasteiger charge is -2.03. The summed E-state index contributed by atoms with van der Waals surface area (Å²) in [6.07, 6.45) is 3.22. The van der Waals surface area contributed by atoms with Crippen LogP contribution in [-0.4, -0.2) is 15.2 Å². The van der Waals surface area contributed by atoms with E-state index in [9.17, 15) is 4.79 Å². The van der Waals surface area contributed by atoms with Crippen LogP contribution in [0.25, 0.3) is 22.0 Å². The van der Waals surface area contributed by atoms with Gasteiger partial charge in [-0.3, -0.25) is 9.78 Å². The van der Waals surface area contributed by atoms with E-state index in [2.05, 4.69) is 15.2 Å². The molecule has 0 bridgehead atoms. The number of hydrogen-bond donors (Lipinski definition) is 1. The molecule has 0 atom stereocenters. The molecular weight excluding hydrogens is 214 g/mol. The SMILES string of the molecule is O=c1[nH]nc(-c2ccccc2)c2ccncc12. The van der Waals surface area contributed by atoms with Crippen molar-refractivity contribution in [3.63, 3.8) is 0 Å².